The van der Waals surface area contributed by atoms with Crippen molar-refractivity contribution in [3.63, 3.8) is 0 Å². The molecule has 5 saturated carbocycles. The average molecular weight is 2020 g/mol. The van der Waals surface area contributed by atoms with Crippen LogP contribution < -0.4 is 26.6 Å². The average Bonchev–Trinajstić information content (AvgIpc) is 1.65. The predicted octanol–water partition coefficient (Wildman–Crippen LogP) is 7.72. The van der Waals surface area contributed by atoms with Crippen LogP contribution in [0, 0.1) is 43.4 Å². The molecule has 8 aromatic heterocycles. The first kappa shape index (κ1) is 101. The predicted molar refractivity (Wildman–Crippen MR) is 525 cm³/mol. The molecule has 44 heteroatoms. The Bertz CT molecular complexity index is 5730. The Hall–Kier alpha value is -11.0. The molecule has 0 bridgehead atoms. The van der Waals surface area contributed by atoms with Gasteiger partial charge in [-0.1, -0.05) is 187 Å². The second kappa shape index (κ2) is 46.8. The van der Waals surface area contributed by atoms with E-state index in [1.54, 1.807) is 58.9 Å². The second-order valence-electron chi connectivity index (χ2n) is 43.1. The molecule has 44 nitrogen and oxygen atoms in total. The molecule has 5 amide bonds. The van der Waals surface area contributed by atoms with Crippen LogP contribution in [-0.2, 0) is 110 Å². The van der Waals surface area contributed by atoms with Crippen molar-refractivity contribution < 1.29 is 71.3 Å². The maximum absolute atomic E-state index is 12.8. The zero-order chi connectivity index (χ0) is 99.7. The van der Waals surface area contributed by atoms with E-state index in [2.05, 4.69) is 133 Å². The fraction of sp³-hybridized carbons (Fsp3) is 0.716. The Labute approximate surface area is 849 Å². The Morgan fingerprint density at radius 2 is 0.651 bits per heavy atom. The van der Waals surface area contributed by atoms with Gasteiger partial charge in [0.2, 0.25) is 5.91 Å². The third-order valence-electron chi connectivity index (χ3n) is 32.8. The SMILES string of the molecule is CCn1nc(C)cc1C(=O)N[C@H]1CO[C@H]2[C@@H]1OC[C@@H]2n1cc(CC2CCCCC2)nn1.Cc1cc(C(=O)N[C@H]2CO[C@H]3[C@@H]2OC[C@@H]3n2cc(CC3CCCCC3)nn2)n(C)n1.Cn1cncc1C(=O)N[C@H]1CO[C@H]2[C@@H]1OC[C@@H]2n1cc(CC2CCCCC2)nn1.O=C(N[C@H]1CO[C@H]2[C@@H]1OC[C@@H]2n1cc(CC2CCCCC2)nn1)C1=CC=NC1.O=C(N[C@H]1CO[C@H]2[C@@H]1OC[C@@H]2n1cc(CC2CCCCC2)nn1)C1=CN=NC1. The molecule has 0 radical (unpaired) electrons. The van der Waals surface area contributed by atoms with Gasteiger partial charge in [0.15, 0.2) is 0 Å². The van der Waals surface area contributed by atoms with E-state index in [4.69, 9.17) is 47.4 Å². The first-order chi connectivity index (χ1) is 71.4. The van der Waals surface area contributed by atoms with Crippen LogP contribution in [0.2, 0.25) is 0 Å². The minimum absolute atomic E-state index is 0.00444. The van der Waals surface area contributed by atoms with Crippen molar-refractivity contribution >= 4 is 35.8 Å². The lowest BCUT2D eigenvalue weighted by atomic mass is 9.86. The standard InChI is InChI=1S/C22H32N6O3.C21H30N6O3.C20H28N6O3.C20H27N5O3.C19H26N6O3/c1-3-27-18(9-14(2)25-27)22(29)23-17-12-30-21-19(13-31-20(17)21)28-11-16(24-26-28)10-15-7-5-4-6-8-15;1-13-8-17(26(2)24-13)21(28)22-16-11-29-20-18(12-30-19(16)20)27-10-15(23-25-27)9-14-6-4-3-5-7-14;1-25-12-21-8-16(25)20(27)22-15-10-28-19-17(11-29-18(15)19)26-9-14(23-24-26)7-13-5-3-2-4-6-13;26-20(14-6-7-21-9-14)22-16-11-27-19-17(12-28-18(16)19)25-10-15(23-24-25)8-13-4-2-1-3-5-13;26-19(13-7-20-21-8-13)22-15-10-27-18-16(11-28-17(15)18)25-9-14(23-24-25)6-12-4-2-1-3-5-12/h9,11,15,17,19-21H,3-8,10,12-13H2,1-2H3,(H,23,29);8,10,14,16,18-20H,3-7,9,11-12H2,1-2H3,(H,22,28);8-9,12-13,15,17-19H,2-7,10-11H2,1H3,(H,22,27);6-7,10,13,16-19H,1-5,8-9,11-12H2,(H,22,26);7,9,12,15-18H,1-6,8,10-11H2,(H,22,26)/t17-,19-,20+,21+;16-,18-,19+,20+;15-,17-,18+,19+;16-,17-,18+,19+;15-,16-,17+,18+/m00000/s1. The molecule has 12 aliphatic heterocycles. The van der Waals surface area contributed by atoms with Crippen LogP contribution in [-0.4, -0.2) is 310 Å². The van der Waals surface area contributed by atoms with Gasteiger partial charge >= 0.3 is 0 Å². The van der Waals surface area contributed by atoms with E-state index < -0.39 is 0 Å². The van der Waals surface area contributed by atoms with Crippen molar-refractivity contribution in [3.8, 4) is 0 Å². The molecule has 5 N–H and O–H groups in total. The van der Waals surface area contributed by atoms with Gasteiger partial charge in [0.1, 0.15) is 108 Å². The molecule has 10 saturated heterocycles. The summed E-state index contributed by atoms with van der Waals surface area (Å²) in [5, 5.41) is 75.3. The highest BCUT2D eigenvalue weighted by molar-refractivity contribution is 6.00. The van der Waals surface area contributed by atoms with Crippen LogP contribution >= 0.6 is 0 Å². The van der Waals surface area contributed by atoms with Gasteiger partial charge in [-0.05, 0) is 101 Å². The number of aromatic nitrogens is 21. The number of ether oxygens (including phenoxy) is 10. The third kappa shape index (κ3) is 23.5. The molecule has 0 spiro atoms. The van der Waals surface area contributed by atoms with E-state index in [0.717, 1.165) is 102 Å². The monoisotopic (exact) mass is 2010 g/mol. The summed E-state index contributed by atoms with van der Waals surface area (Å²) in [5.74, 6) is 2.96. The van der Waals surface area contributed by atoms with Crippen molar-refractivity contribution in [1.29, 1.82) is 0 Å². The van der Waals surface area contributed by atoms with Crippen LogP contribution in [0.3, 0.4) is 0 Å². The van der Waals surface area contributed by atoms with Gasteiger partial charge < -0.3 is 78.5 Å². The van der Waals surface area contributed by atoms with E-state index in [9.17, 15) is 24.0 Å². The molecule has 0 aromatic carbocycles. The number of allylic oxidation sites excluding steroid dienone is 1. The van der Waals surface area contributed by atoms with Crippen LogP contribution in [0.25, 0.3) is 0 Å². The van der Waals surface area contributed by atoms with Crippen LogP contribution in [0.15, 0.2) is 94.3 Å². The quantitative estimate of drug-likeness (QED) is 0.0346. The summed E-state index contributed by atoms with van der Waals surface area (Å²) < 4.78 is 74.7. The number of aryl methyl sites for hydroxylation is 5. The number of fused-ring (bicyclic) bond motifs is 5. The van der Waals surface area contributed by atoms with E-state index in [1.165, 1.54) is 167 Å². The molecular formula is C102H143N29O15. The first-order valence-corrected chi connectivity index (χ1v) is 53.9. The molecule has 15 fully saturated rings. The number of carbonyl (C=O) groups excluding carboxylic acids is 5. The number of nitrogens with one attached hydrogen (secondary N) is 5. The molecule has 20 heterocycles. The van der Waals surface area contributed by atoms with Crippen molar-refractivity contribution in [1.82, 2.24) is 131 Å². The highest BCUT2D eigenvalue weighted by Gasteiger charge is 2.55. The lowest BCUT2D eigenvalue weighted by Crippen LogP contribution is -2.44. The zero-order valence-electron chi connectivity index (χ0n) is 84.6. The number of aliphatic imine (C=N–C) groups is 1. The van der Waals surface area contributed by atoms with Crippen LogP contribution in [0.4, 0.5) is 0 Å². The number of azo groups is 1. The minimum atomic E-state index is -0.187. The fourth-order valence-corrected chi connectivity index (χ4v) is 24.9. The number of rotatable bonds is 26. The number of hydrogen-bond acceptors (Lipinski definition) is 31. The van der Waals surface area contributed by atoms with E-state index in [-0.39, 0.29) is 151 Å². The van der Waals surface area contributed by atoms with E-state index in [1.807, 2.05) is 56.4 Å². The largest absolute Gasteiger partial charge is 0.371 e. The first-order valence-electron chi connectivity index (χ1n) is 53.9. The second-order valence-corrected chi connectivity index (χ2v) is 43.1. The molecule has 17 aliphatic rings. The van der Waals surface area contributed by atoms with Crippen LogP contribution in [0.5, 0.6) is 0 Å². The number of carbonyl (C=O) groups is 5. The molecule has 146 heavy (non-hydrogen) atoms. The van der Waals surface area contributed by atoms with Crippen molar-refractivity contribution in [3.05, 3.63) is 136 Å². The van der Waals surface area contributed by atoms with E-state index >= 15 is 0 Å². The van der Waals surface area contributed by atoms with Crippen LogP contribution in [0.1, 0.15) is 269 Å². The minimum Gasteiger partial charge on any atom is -0.371 e. The number of nitrogens with zero attached hydrogens (tertiary/aromatic N) is 24. The number of amides is 5. The molecule has 786 valence electrons. The summed E-state index contributed by atoms with van der Waals surface area (Å²) >= 11 is 0. The lowest BCUT2D eigenvalue weighted by Gasteiger charge is -2.20. The summed E-state index contributed by atoms with van der Waals surface area (Å²) in [6.07, 6.45) is 55.0. The summed E-state index contributed by atoms with van der Waals surface area (Å²) in [7, 11) is 3.57. The Balaban J connectivity index is 0.000000107. The van der Waals surface area contributed by atoms with Gasteiger partial charge in [0.05, 0.1) is 174 Å². The maximum Gasteiger partial charge on any atom is 0.269 e. The van der Waals surface area contributed by atoms with Gasteiger partial charge in [-0.15, -0.1) is 25.5 Å². The Morgan fingerprint density at radius 1 is 0.349 bits per heavy atom. The van der Waals surface area contributed by atoms with Gasteiger partial charge in [0.25, 0.3) is 23.6 Å². The summed E-state index contributed by atoms with van der Waals surface area (Å²) in [4.78, 5) is 70.7. The summed E-state index contributed by atoms with van der Waals surface area (Å²) in [5.41, 5.74) is 9.81. The Morgan fingerprint density at radius 3 is 0.938 bits per heavy atom. The molecule has 20 atom stereocenters. The fourth-order valence-electron chi connectivity index (χ4n) is 24.9. The van der Waals surface area contributed by atoms with Crippen molar-refractivity contribution in [2.75, 3.05) is 79.2 Å². The smallest absolute Gasteiger partial charge is 0.269 e. The third-order valence-corrected chi connectivity index (χ3v) is 32.8. The van der Waals surface area contributed by atoms with Gasteiger partial charge in [-0.2, -0.15) is 20.4 Å². The summed E-state index contributed by atoms with van der Waals surface area (Å²) in [6.45, 7) is 11.9. The van der Waals surface area contributed by atoms with Gasteiger partial charge in [-0.3, -0.25) is 38.3 Å². The Kier molecular flexibility index (Phi) is 32.4. The lowest BCUT2D eigenvalue weighted by molar-refractivity contribution is -0.119. The topological polar surface area (TPSA) is 482 Å². The van der Waals surface area contributed by atoms with Crippen molar-refractivity contribution in [2.45, 2.75) is 341 Å². The zero-order valence-corrected chi connectivity index (χ0v) is 84.6. The van der Waals surface area contributed by atoms with Gasteiger partial charge in [0, 0.05) is 63.4 Å². The molecule has 0 unspecified atom stereocenters. The van der Waals surface area contributed by atoms with Crippen molar-refractivity contribution in [2.24, 2.45) is 58.9 Å². The summed E-state index contributed by atoms with van der Waals surface area (Å²) in [6, 6.07) is 2.70. The molecular weight excluding hydrogens is 1870 g/mol. The highest BCUT2D eigenvalue weighted by atomic mass is 16.6. The normalized spacial score (nSPS) is 30.5. The molecule has 5 aliphatic carbocycles. The van der Waals surface area contributed by atoms with Gasteiger partial charge in [-0.25, -0.2) is 28.4 Å². The van der Waals surface area contributed by atoms with E-state index in [0.29, 0.717) is 114 Å². The maximum atomic E-state index is 12.8. The highest BCUT2D eigenvalue weighted by Crippen LogP contribution is 2.42. The number of hydrogen-bond donors (Lipinski definition) is 5. The number of imidazole rings is 1. The molecule has 25 rings (SSSR count). The molecule has 8 aromatic rings.